The van der Waals surface area contributed by atoms with Crippen LogP contribution in [0.3, 0.4) is 0 Å². The van der Waals surface area contributed by atoms with Gasteiger partial charge in [-0.15, -0.1) is 0 Å². The van der Waals surface area contributed by atoms with Gasteiger partial charge in [-0.1, -0.05) is 359 Å². The van der Waals surface area contributed by atoms with Gasteiger partial charge in [0, 0.05) is 12.8 Å². The topological polar surface area (TPSA) is 95.9 Å². The molecule has 6 nitrogen and oxygen atoms in total. The van der Waals surface area contributed by atoms with Crippen molar-refractivity contribution in [2.45, 2.75) is 437 Å². The summed E-state index contributed by atoms with van der Waals surface area (Å²) in [7, 11) is 0. The summed E-state index contributed by atoms with van der Waals surface area (Å²) in [4.78, 5) is 24.7. The molecule has 6 heteroatoms. The Labute approximate surface area is 513 Å². The van der Waals surface area contributed by atoms with Gasteiger partial charge in [-0.2, -0.15) is 0 Å². The molecule has 0 rings (SSSR count). The second-order valence-electron chi connectivity index (χ2n) is 26.0. The maximum Gasteiger partial charge on any atom is 0.305 e. The predicted molar refractivity (Wildman–Crippen MR) is 361 cm³/mol. The Kier molecular flexibility index (Phi) is 70.4. The van der Waals surface area contributed by atoms with E-state index in [2.05, 4.69) is 43.5 Å². The number of carbonyl (C=O) groups is 2. The molecule has 0 spiro atoms. The van der Waals surface area contributed by atoms with Crippen molar-refractivity contribution >= 4 is 11.9 Å². The Bertz CT molecular complexity index is 1280. The molecule has 1 amide bonds. The molecule has 486 valence electrons. The van der Waals surface area contributed by atoms with Gasteiger partial charge in [0.05, 0.1) is 25.4 Å². The van der Waals surface area contributed by atoms with Crippen molar-refractivity contribution in [2.24, 2.45) is 0 Å². The van der Waals surface area contributed by atoms with Gasteiger partial charge in [0.2, 0.25) is 5.91 Å². The Balaban J connectivity index is 3.39. The lowest BCUT2D eigenvalue weighted by Gasteiger charge is -2.22. The number of ether oxygens (including phenoxy) is 1. The molecule has 0 aromatic carbocycles. The number of hydrogen-bond donors (Lipinski definition) is 3. The normalized spacial score (nSPS) is 12.6. The van der Waals surface area contributed by atoms with Gasteiger partial charge in [-0.05, 0) is 77.0 Å². The van der Waals surface area contributed by atoms with Crippen molar-refractivity contribution in [2.75, 3.05) is 13.2 Å². The summed E-state index contributed by atoms with van der Waals surface area (Å²) in [5.74, 6) is -0.0214. The first-order chi connectivity index (χ1) is 40.5. The van der Waals surface area contributed by atoms with Gasteiger partial charge < -0.3 is 20.3 Å². The maximum absolute atomic E-state index is 12.6. The van der Waals surface area contributed by atoms with E-state index in [0.29, 0.717) is 25.9 Å². The summed E-state index contributed by atoms with van der Waals surface area (Å²) >= 11 is 0. The van der Waals surface area contributed by atoms with Crippen molar-refractivity contribution in [3.63, 3.8) is 0 Å². The molecule has 0 aliphatic rings. The van der Waals surface area contributed by atoms with E-state index >= 15 is 0 Å². The molecule has 82 heavy (non-hydrogen) atoms. The molecule has 0 aromatic heterocycles. The number of esters is 1. The Morgan fingerprint density at radius 3 is 0.866 bits per heavy atom. The number of amides is 1. The minimum atomic E-state index is -0.668. The third-order valence-electron chi connectivity index (χ3n) is 17.7. The zero-order valence-electron chi connectivity index (χ0n) is 55.8. The quantitative estimate of drug-likeness (QED) is 0.0320. The third-order valence-corrected chi connectivity index (χ3v) is 17.7. The first-order valence-corrected chi connectivity index (χ1v) is 37.6. The zero-order valence-corrected chi connectivity index (χ0v) is 55.8. The molecule has 0 fully saturated rings. The lowest BCUT2D eigenvalue weighted by molar-refractivity contribution is -0.143. The van der Waals surface area contributed by atoms with Crippen LogP contribution in [0.4, 0.5) is 0 Å². The van der Waals surface area contributed by atoms with Crippen LogP contribution in [0, 0.1) is 0 Å². The minimum absolute atomic E-state index is 0.0133. The molecule has 0 heterocycles. The highest BCUT2D eigenvalue weighted by Gasteiger charge is 2.20. The van der Waals surface area contributed by atoms with Crippen molar-refractivity contribution in [1.82, 2.24) is 5.32 Å². The average Bonchev–Trinajstić information content (AvgIpc) is 3.48. The van der Waals surface area contributed by atoms with E-state index in [-0.39, 0.29) is 18.5 Å². The van der Waals surface area contributed by atoms with Crippen LogP contribution in [-0.4, -0.2) is 47.4 Å². The number of hydrogen-bond acceptors (Lipinski definition) is 5. The van der Waals surface area contributed by atoms with E-state index in [1.54, 1.807) is 0 Å². The van der Waals surface area contributed by atoms with Crippen LogP contribution in [-0.2, 0) is 14.3 Å². The van der Waals surface area contributed by atoms with E-state index in [1.165, 1.54) is 347 Å². The summed E-state index contributed by atoms with van der Waals surface area (Å²) in [5, 5.41) is 23.4. The van der Waals surface area contributed by atoms with E-state index in [9.17, 15) is 19.8 Å². The second-order valence-corrected chi connectivity index (χ2v) is 26.0. The summed E-state index contributed by atoms with van der Waals surface area (Å²) in [6.07, 6.45) is 90.9. The Morgan fingerprint density at radius 1 is 0.329 bits per heavy atom. The number of aliphatic hydroxyl groups excluding tert-OH is 2. The second kappa shape index (κ2) is 71.8. The van der Waals surface area contributed by atoms with Crippen molar-refractivity contribution < 1.29 is 24.5 Å². The molecule has 0 aliphatic carbocycles. The molecular formula is C76H147NO5. The number of carbonyl (C=O) groups excluding carboxylic acids is 2. The highest BCUT2D eigenvalue weighted by molar-refractivity contribution is 5.76. The van der Waals surface area contributed by atoms with Crippen LogP contribution in [0.2, 0.25) is 0 Å². The summed E-state index contributed by atoms with van der Waals surface area (Å²) < 4.78 is 5.51. The fourth-order valence-electron chi connectivity index (χ4n) is 12.0. The van der Waals surface area contributed by atoms with Gasteiger partial charge in [0.25, 0.3) is 0 Å². The summed E-state index contributed by atoms with van der Waals surface area (Å²) in [6, 6.07) is -0.546. The number of rotatable bonds is 71. The smallest absolute Gasteiger partial charge is 0.305 e. The number of unbranched alkanes of at least 4 members (excludes halogenated alkanes) is 56. The molecule has 3 N–H and O–H groups in total. The lowest BCUT2D eigenvalue weighted by Crippen LogP contribution is -2.45. The molecule has 0 radical (unpaired) electrons. The maximum atomic E-state index is 12.6. The molecule has 0 saturated heterocycles. The first kappa shape index (κ1) is 80.3. The molecule has 2 atom stereocenters. The fourth-order valence-corrected chi connectivity index (χ4v) is 12.0. The third kappa shape index (κ3) is 67.5. The van der Waals surface area contributed by atoms with Crippen LogP contribution in [0.25, 0.3) is 0 Å². The highest BCUT2D eigenvalue weighted by atomic mass is 16.5. The average molecular weight is 1160 g/mol. The van der Waals surface area contributed by atoms with Gasteiger partial charge in [0.1, 0.15) is 0 Å². The van der Waals surface area contributed by atoms with E-state index in [0.717, 1.165) is 44.9 Å². The van der Waals surface area contributed by atoms with Gasteiger partial charge >= 0.3 is 5.97 Å². The van der Waals surface area contributed by atoms with Crippen LogP contribution >= 0.6 is 0 Å². The van der Waals surface area contributed by atoms with Gasteiger partial charge in [-0.3, -0.25) is 9.59 Å². The van der Waals surface area contributed by atoms with E-state index in [1.807, 2.05) is 0 Å². The monoisotopic (exact) mass is 1150 g/mol. The lowest BCUT2D eigenvalue weighted by atomic mass is 10.0. The molecule has 0 bridgehead atoms. The van der Waals surface area contributed by atoms with Gasteiger partial charge in [-0.25, -0.2) is 0 Å². The molecular weight excluding hydrogens is 1010 g/mol. The number of aliphatic hydroxyl groups is 2. The summed E-state index contributed by atoms with van der Waals surface area (Å²) in [6.45, 7) is 4.99. The van der Waals surface area contributed by atoms with E-state index < -0.39 is 12.1 Å². The standard InChI is InChI=1S/C76H147NO5/c1-3-5-7-9-11-13-15-17-19-21-23-24-29-33-36-40-44-48-52-56-60-64-68-74(79)73(72-78)77-75(80)69-65-61-57-53-49-45-41-37-34-30-27-25-26-28-31-35-39-43-47-51-55-59-63-67-71-82-76(81)70-66-62-58-54-50-46-42-38-32-22-20-18-16-14-12-10-8-6-4-2/h18,20,27,30,73-74,78-79H,3-17,19,21-26,28-29,31-72H2,1-2H3,(H,77,80)/b20-18-,30-27-. The number of allylic oxidation sites excluding steroid dienone is 4. The molecule has 2 unspecified atom stereocenters. The first-order valence-electron chi connectivity index (χ1n) is 37.6. The highest BCUT2D eigenvalue weighted by Crippen LogP contribution is 2.19. The fraction of sp³-hybridized carbons (Fsp3) is 0.921. The predicted octanol–water partition coefficient (Wildman–Crippen LogP) is 24.5. The molecule has 0 saturated carbocycles. The van der Waals surface area contributed by atoms with Crippen molar-refractivity contribution in [1.29, 1.82) is 0 Å². The Hall–Kier alpha value is -1.66. The van der Waals surface area contributed by atoms with Crippen LogP contribution < -0.4 is 5.32 Å². The number of nitrogens with one attached hydrogen (secondary N) is 1. The molecule has 0 aromatic rings. The zero-order chi connectivity index (χ0) is 59.2. The van der Waals surface area contributed by atoms with Crippen LogP contribution in [0.15, 0.2) is 24.3 Å². The molecule has 0 aliphatic heterocycles. The van der Waals surface area contributed by atoms with Crippen molar-refractivity contribution in [3.8, 4) is 0 Å². The minimum Gasteiger partial charge on any atom is -0.466 e. The largest absolute Gasteiger partial charge is 0.466 e. The summed E-state index contributed by atoms with van der Waals surface area (Å²) in [5.41, 5.74) is 0. The van der Waals surface area contributed by atoms with Crippen molar-refractivity contribution in [3.05, 3.63) is 24.3 Å². The van der Waals surface area contributed by atoms with Crippen LogP contribution in [0.1, 0.15) is 425 Å². The Morgan fingerprint density at radius 2 is 0.573 bits per heavy atom. The SMILES string of the molecule is CCCCCCCC/C=C\CCCCCCCCCCCC(=O)OCCCCCCCCCCCCCC/C=C\CCCCCCCCCCC(=O)NC(CO)C(O)CCCCCCCCCCCCCCCCCCCCCCCC. The van der Waals surface area contributed by atoms with Gasteiger partial charge in [0.15, 0.2) is 0 Å². The van der Waals surface area contributed by atoms with E-state index in [4.69, 9.17) is 4.74 Å². The van der Waals surface area contributed by atoms with Crippen LogP contribution in [0.5, 0.6) is 0 Å².